The summed E-state index contributed by atoms with van der Waals surface area (Å²) in [7, 11) is 4.04. The van der Waals surface area contributed by atoms with E-state index >= 15 is 0 Å². The van der Waals surface area contributed by atoms with Gasteiger partial charge in [0, 0.05) is 25.7 Å². The molecule has 0 saturated heterocycles. The number of anilines is 1. The summed E-state index contributed by atoms with van der Waals surface area (Å²) in [5.41, 5.74) is 5.07. The molecule has 1 aromatic carbocycles. The fraction of sp³-hybridized carbons (Fsp3) is 0.409. The lowest BCUT2D eigenvalue weighted by Crippen LogP contribution is -2.13. The van der Waals surface area contributed by atoms with E-state index in [-0.39, 0.29) is 0 Å². The van der Waals surface area contributed by atoms with Crippen LogP contribution in [0.5, 0.6) is 5.75 Å². The van der Waals surface area contributed by atoms with Crippen molar-refractivity contribution >= 4 is 17.2 Å². The van der Waals surface area contributed by atoms with E-state index in [0.29, 0.717) is 12.2 Å². The molecule has 0 aromatic heterocycles. The highest BCUT2D eigenvalue weighted by Gasteiger charge is 2.14. The summed E-state index contributed by atoms with van der Waals surface area (Å²) in [6.45, 7) is 8.73. The van der Waals surface area contributed by atoms with E-state index in [1.165, 1.54) is 11.6 Å². The van der Waals surface area contributed by atoms with E-state index in [9.17, 15) is 4.79 Å². The first kappa shape index (κ1) is 21.6. The summed E-state index contributed by atoms with van der Waals surface area (Å²) >= 11 is 0. The van der Waals surface area contributed by atoms with Crippen LogP contribution in [0, 0.1) is 6.92 Å². The second-order valence-corrected chi connectivity index (χ2v) is 6.69. The summed E-state index contributed by atoms with van der Waals surface area (Å²) in [6.07, 6.45) is 8.94. The van der Waals surface area contributed by atoms with Gasteiger partial charge in [0.15, 0.2) is 0 Å². The molecule has 4 heteroatoms. The van der Waals surface area contributed by atoms with Crippen LogP contribution >= 0.6 is 0 Å². The van der Waals surface area contributed by atoms with Gasteiger partial charge in [-0.15, -0.1) is 0 Å². The lowest BCUT2D eigenvalue weighted by Gasteiger charge is -2.22. The molecule has 1 rings (SSSR count). The summed E-state index contributed by atoms with van der Waals surface area (Å²) in [5, 5.41) is 8.78. The highest BCUT2D eigenvalue weighted by atomic mass is 16.5. The predicted octanol–water partition coefficient (Wildman–Crippen LogP) is 5.23. The van der Waals surface area contributed by atoms with Gasteiger partial charge in [0.2, 0.25) is 0 Å². The van der Waals surface area contributed by atoms with E-state index in [0.717, 1.165) is 35.4 Å². The molecule has 0 unspecified atom stereocenters. The van der Waals surface area contributed by atoms with Gasteiger partial charge in [0.25, 0.3) is 0 Å². The van der Waals surface area contributed by atoms with Crippen molar-refractivity contribution in [1.29, 1.82) is 0 Å². The number of benzene rings is 1. The van der Waals surface area contributed by atoms with E-state index in [1.54, 1.807) is 13.0 Å². The lowest BCUT2D eigenvalue weighted by molar-refractivity contribution is -0.131. The van der Waals surface area contributed by atoms with E-state index in [1.807, 2.05) is 33.2 Å². The Morgan fingerprint density at radius 1 is 1.27 bits per heavy atom. The number of hydrogen-bond acceptors (Lipinski definition) is 3. The predicted molar refractivity (Wildman–Crippen MR) is 110 cm³/mol. The molecule has 142 valence electrons. The Hall–Kier alpha value is -2.49. The number of allylic oxidation sites excluding steroid dienone is 5. The number of hydrogen-bond donors (Lipinski definition) is 1. The average Bonchev–Trinajstić information content (AvgIpc) is 2.54. The molecule has 4 nitrogen and oxygen atoms in total. The third kappa shape index (κ3) is 6.79. The fourth-order valence-corrected chi connectivity index (χ4v) is 2.53. The molecule has 0 atom stereocenters. The molecule has 0 saturated carbocycles. The number of ether oxygens (including phenoxy) is 1. The van der Waals surface area contributed by atoms with Crippen molar-refractivity contribution in [3.05, 3.63) is 53.1 Å². The van der Waals surface area contributed by atoms with Crippen LogP contribution in [0.3, 0.4) is 0 Å². The number of nitrogens with zero attached hydrogens (tertiary/aromatic N) is 1. The molecular formula is C22H31NO3. The quantitative estimate of drug-likeness (QED) is 0.373. The molecule has 0 heterocycles. The van der Waals surface area contributed by atoms with Crippen LogP contribution < -0.4 is 9.64 Å². The molecule has 0 aliphatic heterocycles. The van der Waals surface area contributed by atoms with Crippen LogP contribution in [0.2, 0.25) is 0 Å². The molecular weight excluding hydrogens is 326 g/mol. The maximum atomic E-state index is 10.7. The first-order valence-electron chi connectivity index (χ1n) is 8.97. The van der Waals surface area contributed by atoms with Crippen molar-refractivity contribution in [2.24, 2.45) is 0 Å². The zero-order valence-electron chi connectivity index (χ0n) is 16.8. The van der Waals surface area contributed by atoms with Crippen molar-refractivity contribution < 1.29 is 14.6 Å². The second-order valence-electron chi connectivity index (χ2n) is 6.69. The number of carboxylic acids is 1. The molecule has 0 spiro atoms. The number of rotatable bonds is 9. The third-order valence-corrected chi connectivity index (χ3v) is 3.92. The molecule has 1 N–H and O–H groups in total. The standard InChI is InChI=1S/C22H31NO3/c1-7-8-12-26-22-19(13-17(3)14-20(22)23(5)6)18(4)11-9-10-16(2)15-21(24)25/h9-11,13-15H,7-8,12H2,1-6H3,(H,24,25)/b10-9+,16-15+,18-11-. The Labute approximate surface area is 157 Å². The van der Waals surface area contributed by atoms with Crippen molar-refractivity contribution in [1.82, 2.24) is 0 Å². The molecule has 1 aromatic rings. The van der Waals surface area contributed by atoms with Crippen LogP contribution in [-0.2, 0) is 4.79 Å². The summed E-state index contributed by atoms with van der Waals surface area (Å²) < 4.78 is 6.13. The monoisotopic (exact) mass is 357 g/mol. The van der Waals surface area contributed by atoms with Gasteiger partial charge in [0.05, 0.1) is 12.3 Å². The highest BCUT2D eigenvalue weighted by molar-refractivity contribution is 5.81. The van der Waals surface area contributed by atoms with Gasteiger partial charge in [-0.2, -0.15) is 0 Å². The molecule has 0 amide bonds. The smallest absolute Gasteiger partial charge is 0.328 e. The molecule has 0 aliphatic carbocycles. The van der Waals surface area contributed by atoms with E-state index < -0.39 is 5.97 Å². The van der Waals surface area contributed by atoms with Crippen LogP contribution in [-0.4, -0.2) is 31.8 Å². The van der Waals surface area contributed by atoms with Gasteiger partial charge in [0.1, 0.15) is 5.75 Å². The van der Waals surface area contributed by atoms with Gasteiger partial charge in [-0.05, 0) is 56.0 Å². The highest BCUT2D eigenvalue weighted by Crippen LogP contribution is 2.37. The number of carbonyl (C=O) groups is 1. The minimum atomic E-state index is -0.936. The Kier molecular flexibility index (Phi) is 8.70. The van der Waals surface area contributed by atoms with Crippen molar-refractivity contribution in [3.63, 3.8) is 0 Å². The maximum absolute atomic E-state index is 10.7. The van der Waals surface area contributed by atoms with Crippen LogP contribution in [0.15, 0.2) is 42.0 Å². The molecule has 0 aliphatic rings. The molecule has 0 bridgehead atoms. The van der Waals surface area contributed by atoms with E-state index in [4.69, 9.17) is 9.84 Å². The topological polar surface area (TPSA) is 49.8 Å². The maximum Gasteiger partial charge on any atom is 0.328 e. The van der Waals surface area contributed by atoms with Crippen LogP contribution in [0.25, 0.3) is 5.57 Å². The van der Waals surface area contributed by atoms with Crippen LogP contribution in [0.1, 0.15) is 44.7 Å². The Morgan fingerprint density at radius 2 is 1.96 bits per heavy atom. The van der Waals surface area contributed by atoms with Crippen molar-refractivity contribution in [2.75, 3.05) is 25.6 Å². The summed E-state index contributed by atoms with van der Waals surface area (Å²) in [4.78, 5) is 12.8. The van der Waals surface area contributed by atoms with Gasteiger partial charge in [-0.25, -0.2) is 4.79 Å². The molecule has 0 radical (unpaired) electrons. The number of carboxylic acid groups (broad SMARTS) is 1. The molecule has 0 fully saturated rings. The number of unbranched alkanes of at least 4 members (excludes halogenated alkanes) is 1. The van der Waals surface area contributed by atoms with Crippen molar-refractivity contribution in [2.45, 2.75) is 40.5 Å². The zero-order chi connectivity index (χ0) is 19.7. The summed E-state index contributed by atoms with van der Waals surface area (Å²) in [6, 6.07) is 4.27. The van der Waals surface area contributed by atoms with Gasteiger partial charge in [-0.1, -0.05) is 31.6 Å². The van der Waals surface area contributed by atoms with Gasteiger partial charge in [-0.3, -0.25) is 0 Å². The Balaban J connectivity index is 3.24. The minimum Gasteiger partial charge on any atom is -0.491 e. The number of aryl methyl sites for hydroxylation is 1. The largest absolute Gasteiger partial charge is 0.491 e. The SMILES string of the molecule is CCCCOc1c(\C(C)=C/C=C/C(C)=C/C(=O)O)cc(C)cc1N(C)C. The minimum absolute atomic E-state index is 0.691. The average molecular weight is 357 g/mol. The Bertz CT molecular complexity index is 712. The second kappa shape index (κ2) is 10.5. The Morgan fingerprint density at radius 3 is 2.54 bits per heavy atom. The lowest BCUT2D eigenvalue weighted by atomic mass is 10.0. The van der Waals surface area contributed by atoms with Gasteiger partial charge >= 0.3 is 5.97 Å². The van der Waals surface area contributed by atoms with Crippen molar-refractivity contribution in [3.8, 4) is 5.75 Å². The van der Waals surface area contributed by atoms with Gasteiger partial charge < -0.3 is 14.7 Å². The number of aliphatic carboxylic acids is 1. The summed E-state index contributed by atoms with van der Waals surface area (Å²) in [5.74, 6) is -0.0391. The molecule has 26 heavy (non-hydrogen) atoms. The normalized spacial score (nSPS) is 12.5. The third-order valence-electron chi connectivity index (χ3n) is 3.92. The zero-order valence-corrected chi connectivity index (χ0v) is 16.8. The van der Waals surface area contributed by atoms with E-state index in [2.05, 4.69) is 30.9 Å². The fourth-order valence-electron chi connectivity index (χ4n) is 2.53. The first-order chi connectivity index (χ1) is 12.3. The van der Waals surface area contributed by atoms with Crippen LogP contribution in [0.4, 0.5) is 5.69 Å². The first-order valence-corrected chi connectivity index (χ1v) is 8.97.